The molecule has 34 heavy (non-hydrogen) atoms. The summed E-state index contributed by atoms with van der Waals surface area (Å²) in [7, 11) is 1.63. The summed E-state index contributed by atoms with van der Waals surface area (Å²) < 4.78 is 11.2. The van der Waals surface area contributed by atoms with E-state index in [9.17, 15) is 0 Å². The van der Waals surface area contributed by atoms with Crippen LogP contribution in [-0.2, 0) is 11.2 Å². The van der Waals surface area contributed by atoms with Gasteiger partial charge in [0.2, 0.25) is 5.88 Å². The minimum absolute atomic E-state index is 0.570. The van der Waals surface area contributed by atoms with E-state index in [2.05, 4.69) is 65.5 Å². The quantitative estimate of drug-likeness (QED) is 0.136. The van der Waals surface area contributed by atoms with E-state index in [1.807, 2.05) is 36.4 Å². The summed E-state index contributed by atoms with van der Waals surface area (Å²) in [6, 6.07) is 20.3. The maximum Gasteiger partial charge on any atom is 0.217 e. The summed E-state index contributed by atoms with van der Waals surface area (Å²) in [5.74, 6) is 1.88. The van der Waals surface area contributed by atoms with E-state index in [0.717, 1.165) is 42.6 Å². The number of nitrogens with one attached hydrogen (secondary N) is 2. The van der Waals surface area contributed by atoms with Gasteiger partial charge in [0.1, 0.15) is 5.76 Å². The number of hydrogen-bond donors (Lipinski definition) is 2. The van der Waals surface area contributed by atoms with Gasteiger partial charge in [-0.2, -0.15) is 10.1 Å². The SMILES string of the molecule is C=C(OC)c1ccc(CCCOc2cc(NCCC)cc(N/N=C/c3cccc(C)c3)n2)cc1. The summed E-state index contributed by atoms with van der Waals surface area (Å²) in [6.07, 6.45) is 4.62. The highest BCUT2D eigenvalue weighted by Crippen LogP contribution is 2.21. The Morgan fingerprint density at radius 2 is 1.94 bits per heavy atom. The molecule has 0 aliphatic heterocycles. The Morgan fingerprint density at radius 3 is 2.68 bits per heavy atom. The molecule has 0 saturated carbocycles. The van der Waals surface area contributed by atoms with Crippen LogP contribution in [0.4, 0.5) is 11.5 Å². The molecule has 0 atom stereocenters. The summed E-state index contributed by atoms with van der Waals surface area (Å²) >= 11 is 0. The second-order valence-electron chi connectivity index (χ2n) is 8.07. The van der Waals surface area contributed by atoms with Crippen molar-refractivity contribution in [2.24, 2.45) is 5.10 Å². The molecule has 2 aromatic carbocycles. The molecule has 0 aliphatic carbocycles. The predicted molar refractivity (Wildman–Crippen MR) is 142 cm³/mol. The molecular formula is C28H34N4O2. The molecule has 3 rings (SSSR count). The molecule has 1 heterocycles. The Bertz CT molecular complexity index is 1090. The van der Waals surface area contributed by atoms with E-state index in [0.29, 0.717) is 24.1 Å². The fraction of sp³-hybridized carbons (Fsp3) is 0.286. The zero-order valence-electron chi connectivity index (χ0n) is 20.3. The first-order chi connectivity index (χ1) is 16.6. The van der Waals surface area contributed by atoms with Gasteiger partial charge in [0, 0.05) is 29.9 Å². The molecule has 0 amide bonds. The normalized spacial score (nSPS) is 10.8. The lowest BCUT2D eigenvalue weighted by Gasteiger charge is -2.11. The smallest absolute Gasteiger partial charge is 0.217 e. The fourth-order valence-electron chi connectivity index (χ4n) is 3.36. The molecule has 0 fully saturated rings. The number of methoxy groups -OCH3 is 1. The van der Waals surface area contributed by atoms with Gasteiger partial charge in [-0.05, 0) is 37.3 Å². The van der Waals surface area contributed by atoms with Gasteiger partial charge in [0.05, 0.1) is 19.9 Å². The van der Waals surface area contributed by atoms with Gasteiger partial charge in [-0.15, -0.1) is 0 Å². The standard InChI is InChI=1S/C28H34N4O2/c1-5-15-29-26-18-27(32-30-20-24-9-6-8-21(2)17-24)31-28(19-26)34-16-7-10-23-11-13-25(14-12-23)22(3)33-4/h6,8-9,11-14,17-20H,3,5,7,10,15-16H2,1-2,4H3,(H2,29,31,32)/b30-20+. The van der Waals surface area contributed by atoms with Crippen molar-refractivity contribution in [2.45, 2.75) is 33.1 Å². The highest BCUT2D eigenvalue weighted by molar-refractivity contribution is 5.80. The van der Waals surface area contributed by atoms with Crippen LogP contribution in [0.3, 0.4) is 0 Å². The molecular weight excluding hydrogens is 424 g/mol. The number of hydrazone groups is 1. The number of anilines is 2. The highest BCUT2D eigenvalue weighted by atomic mass is 16.5. The molecule has 2 N–H and O–H groups in total. The predicted octanol–water partition coefficient (Wildman–Crippen LogP) is 6.29. The average molecular weight is 459 g/mol. The first kappa shape index (κ1) is 24.8. The van der Waals surface area contributed by atoms with Crippen molar-refractivity contribution in [1.82, 2.24) is 4.98 Å². The molecule has 6 heteroatoms. The number of aromatic nitrogens is 1. The Kier molecular flexibility index (Phi) is 9.52. The van der Waals surface area contributed by atoms with E-state index in [4.69, 9.17) is 9.47 Å². The van der Waals surface area contributed by atoms with Crippen molar-refractivity contribution in [3.63, 3.8) is 0 Å². The van der Waals surface area contributed by atoms with Crippen molar-refractivity contribution < 1.29 is 9.47 Å². The number of pyridine rings is 1. The lowest BCUT2D eigenvalue weighted by atomic mass is 10.1. The molecule has 0 saturated heterocycles. The van der Waals surface area contributed by atoms with Crippen molar-refractivity contribution >= 4 is 23.5 Å². The molecule has 6 nitrogen and oxygen atoms in total. The lowest BCUT2D eigenvalue weighted by Crippen LogP contribution is -2.05. The highest BCUT2D eigenvalue weighted by Gasteiger charge is 2.05. The van der Waals surface area contributed by atoms with Crippen molar-refractivity contribution in [1.29, 1.82) is 0 Å². The third-order valence-corrected chi connectivity index (χ3v) is 5.20. The van der Waals surface area contributed by atoms with Gasteiger partial charge in [0.25, 0.3) is 0 Å². The maximum absolute atomic E-state index is 5.97. The second kappa shape index (κ2) is 13.0. The van der Waals surface area contributed by atoms with Crippen LogP contribution in [0.1, 0.15) is 42.0 Å². The largest absolute Gasteiger partial charge is 0.497 e. The van der Waals surface area contributed by atoms with E-state index in [1.165, 1.54) is 11.1 Å². The Balaban J connectivity index is 1.57. The first-order valence-corrected chi connectivity index (χ1v) is 11.6. The van der Waals surface area contributed by atoms with Gasteiger partial charge < -0.3 is 14.8 Å². The number of nitrogens with zero attached hydrogens (tertiary/aromatic N) is 2. The van der Waals surface area contributed by atoms with Gasteiger partial charge in [-0.3, -0.25) is 5.43 Å². The Labute approximate surface area is 202 Å². The number of benzene rings is 2. The summed E-state index contributed by atoms with van der Waals surface area (Å²) in [4.78, 5) is 4.56. The van der Waals surface area contributed by atoms with Crippen molar-refractivity contribution in [2.75, 3.05) is 31.0 Å². The van der Waals surface area contributed by atoms with E-state index < -0.39 is 0 Å². The van der Waals surface area contributed by atoms with Crippen LogP contribution in [0.5, 0.6) is 5.88 Å². The second-order valence-corrected chi connectivity index (χ2v) is 8.07. The van der Waals surface area contributed by atoms with E-state index >= 15 is 0 Å². The summed E-state index contributed by atoms with van der Waals surface area (Å²) in [6.45, 7) is 9.53. The number of aryl methyl sites for hydroxylation is 2. The van der Waals surface area contributed by atoms with Crippen LogP contribution in [0, 0.1) is 6.92 Å². The molecule has 0 bridgehead atoms. The number of ether oxygens (including phenoxy) is 2. The minimum Gasteiger partial charge on any atom is -0.497 e. The topological polar surface area (TPSA) is 67.8 Å². The van der Waals surface area contributed by atoms with Crippen LogP contribution in [-0.4, -0.2) is 31.5 Å². The van der Waals surface area contributed by atoms with E-state index in [1.54, 1.807) is 13.3 Å². The molecule has 3 aromatic rings. The molecule has 0 aliphatic rings. The molecule has 0 radical (unpaired) electrons. The Hall–Kier alpha value is -3.80. The van der Waals surface area contributed by atoms with Crippen molar-refractivity contribution in [3.05, 3.63) is 89.5 Å². The summed E-state index contributed by atoms with van der Waals surface area (Å²) in [5.41, 5.74) is 8.44. The van der Waals surface area contributed by atoms with Crippen LogP contribution >= 0.6 is 0 Å². The van der Waals surface area contributed by atoms with E-state index in [-0.39, 0.29) is 0 Å². The van der Waals surface area contributed by atoms with Crippen LogP contribution in [0.2, 0.25) is 0 Å². The average Bonchev–Trinajstić information content (AvgIpc) is 2.85. The zero-order chi connectivity index (χ0) is 24.2. The minimum atomic E-state index is 0.570. The van der Waals surface area contributed by atoms with Gasteiger partial charge >= 0.3 is 0 Å². The van der Waals surface area contributed by atoms with Gasteiger partial charge in [-0.25, -0.2) is 0 Å². The van der Waals surface area contributed by atoms with Crippen LogP contribution < -0.4 is 15.5 Å². The van der Waals surface area contributed by atoms with Gasteiger partial charge in [0.15, 0.2) is 5.82 Å². The van der Waals surface area contributed by atoms with Gasteiger partial charge in [-0.1, -0.05) is 67.6 Å². The Morgan fingerprint density at radius 1 is 1.12 bits per heavy atom. The number of rotatable bonds is 13. The zero-order valence-corrected chi connectivity index (χ0v) is 20.3. The van der Waals surface area contributed by atoms with Crippen molar-refractivity contribution in [3.8, 4) is 5.88 Å². The molecule has 1 aromatic heterocycles. The van der Waals surface area contributed by atoms with Crippen LogP contribution in [0.15, 0.2) is 72.3 Å². The monoisotopic (exact) mass is 458 g/mol. The fourth-order valence-corrected chi connectivity index (χ4v) is 3.36. The number of hydrogen-bond acceptors (Lipinski definition) is 6. The lowest BCUT2D eigenvalue weighted by molar-refractivity contribution is 0.300. The molecule has 0 spiro atoms. The first-order valence-electron chi connectivity index (χ1n) is 11.6. The summed E-state index contributed by atoms with van der Waals surface area (Å²) in [5, 5.41) is 7.74. The molecule has 178 valence electrons. The molecule has 0 unspecified atom stereocenters. The third kappa shape index (κ3) is 7.96. The maximum atomic E-state index is 5.97. The third-order valence-electron chi connectivity index (χ3n) is 5.20. The van der Waals surface area contributed by atoms with Crippen LogP contribution in [0.25, 0.3) is 5.76 Å².